The van der Waals surface area contributed by atoms with Gasteiger partial charge in [0.1, 0.15) is 0 Å². The number of nitrogens with one attached hydrogen (secondary N) is 1. The highest BCUT2D eigenvalue weighted by molar-refractivity contribution is 7.80. The zero-order valence-electron chi connectivity index (χ0n) is 16.6. The summed E-state index contributed by atoms with van der Waals surface area (Å²) in [6.45, 7) is 0.691. The number of para-hydroxylation sites is 3. The average Bonchev–Trinajstić information content (AvgIpc) is 2.78. The lowest BCUT2D eigenvalue weighted by atomic mass is 10.1. The number of amides is 1. The van der Waals surface area contributed by atoms with E-state index in [4.69, 9.17) is 0 Å². The number of carbonyl (C=O) groups excluding carboxylic acids is 1. The monoisotopic (exact) mass is 404 g/mol. The van der Waals surface area contributed by atoms with E-state index in [9.17, 15) is 4.79 Å². The van der Waals surface area contributed by atoms with Gasteiger partial charge in [-0.2, -0.15) is 12.6 Å². The van der Waals surface area contributed by atoms with E-state index in [2.05, 4.69) is 47.1 Å². The molecule has 0 unspecified atom stereocenters. The number of thiol groups is 1. The van der Waals surface area contributed by atoms with Crippen molar-refractivity contribution >= 4 is 35.6 Å². The molecule has 3 aromatic carbocycles. The van der Waals surface area contributed by atoms with Gasteiger partial charge in [0, 0.05) is 17.9 Å². The van der Waals surface area contributed by atoms with Crippen molar-refractivity contribution in [1.82, 2.24) is 5.32 Å². The molecule has 1 N–H and O–H groups in total. The Labute approximate surface area is 179 Å². The number of rotatable bonds is 10. The molecule has 0 saturated heterocycles. The highest BCUT2D eigenvalue weighted by atomic mass is 32.1. The van der Waals surface area contributed by atoms with Crippen molar-refractivity contribution in [3.8, 4) is 0 Å². The van der Waals surface area contributed by atoms with Gasteiger partial charge in [0.05, 0.1) is 11.3 Å². The predicted molar refractivity (Wildman–Crippen MR) is 126 cm³/mol. The molecule has 0 spiro atoms. The molecule has 0 saturated carbocycles. The summed E-state index contributed by atoms with van der Waals surface area (Å²) >= 11 is 4.24. The van der Waals surface area contributed by atoms with Gasteiger partial charge >= 0.3 is 0 Å². The van der Waals surface area contributed by atoms with Gasteiger partial charge in [-0.25, -0.2) is 0 Å². The van der Waals surface area contributed by atoms with Gasteiger partial charge in [-0.1, -0.05) is 61.4 Å². The molecule has 150 valence electrons. The molecule has 3 aromatic rings. The fourth-order valence-corrected chi connectivity index (χ4v) is 3.55. The van der Waals surface area contributed by atoms with Crippen LogP contribution >= 0.6 is 12.6 Å². The fourth-order valence-electron chi connectivity index (χ4n) is 3.33. The predicted octanol–water partition coefficient (Wildman–Crippen LogP) is 6.38. The third-order valence-electron chi connectivity index (χ3n) is 4.79. The van der Waals surface area contributed by atoms with Crippen molar-refractivity contribution in [2.45, 2.75) is 25.7 Å². The third kappa shape index (κ3) is 5.88. The number of hydrogen-bond donors (Lipinski definition) is 2. The van der Waals surface area contributed by atoms with Crippen LogP contribution in [0.3, 0.4) is 0 Å². The molecule has 0 atom stereocenters. The minimum absolute atomic E-state index is 0.0355. The van der Waals surface area contributed by atoms with Gasteiger partial charge < -0.3 is 10.2 Å². The Morgan fingerprint density at radius 1 is 0.724 bits per heavy atom. The smallest absolute Gasteiger partial charge is 0.253 e. The summed E-state index contributed by atoms with van der Waals surface area (Å²) in [4.78, 5) is 15.1. The van der Waals surface area contributed by atoms with E-state index in [1.165, 1.54) is 0 Å². The zero-order valence-corrected chi connectivity index (χ0v) is 17.5. The minimum Gasteiger partial charge on any atom is -0.352 e. The molecular formula is C25H28N2OS. The molecule has 29 heavy (non-hydrogen) atoms. The Morgan fingerprint density at radius 3 is 1.90 bits per heavy atom. The van der Waals surface area contributed by atoms with E-state index in [0.29, 0.717) is 12.1 Å². The number of carbonyl (C=O) groups is 1. The highest BCUT2D eigenvalue weighted by Crippen LogP contribution is 2.36. The zero-order chi connectivity index (χ0) is 20.3. The molecular weight excluding hydrogens is 376 g/mol. The quantitative estimate of drug-likeness (QED) is 0.304. The Morgan fingerprint density at radius 2 is 1.28 bits per heavy atom. The molecule has 0 bridgehead atoms. The fraction of sp³-hybridized carbons (Fsp3) is 0.240. The maximum atomic E-state index is 13.0. The first-order chi connectivity index (χ1) is 14.3. The topological polar surface area (TPSA) is 32.3 Å². The van der Waals surface area contributed by atoms with Crippen molar-refractivity contribution in [1.29, 1.82) is 0 Å². The Hall–Kier alpha value is -2.72. The molecule has 0 aliphatic heterocycles. The number of hydrogen-bond acceptors (Lipinski definition) is 3. The van der Waals surface area contributed by atoms with Crippen molar-refractivity contribution in [2.24, 2.45) is 0 Å². The van der Waals surface area contributed by atoms with Crippen molar-refractivity contribution in [2.75, 3.05) is 17.2 Å². The van der Waals surface area contributed by atoms with Crippen LogP contribution in [-0.2, 0) is 0 Å². The van der Waals surface area contributed by atoms with E-state index in [1.54, 1.807) is 0 Å². The van der Waals surface area contributed by atoms with Crippen molar-refractivity contribution < 1.29 is 4.79 Å². The van der Waals surface area contributed by atoms with Gasteiger partial charge in [-0.3, -0.25) is 4.79 Å². The van der Waals surface area contributed by atoms with E-state index in [0.717, 1.165) is 48.5 Å². The van der Waals surface area contributed by atoms with E-state index >= 15 is 0 Å². The molecule has 1 amide bonds. The van der Waals surface area contributed by atoms with Crippen LogP contribution in [0.2, 0.25) is 0 Å². The Balaban J connectivity index is 1.84. The Bertz CT molecular complexity index is 844. The molecule has 4 heteroatoms. The number of unbranched alkanes of at least 4 members (excludes halogenated alkanes) is 3. The second-order valence-corrected chi connectivity index (χ2v) is 7.36. The summed E-state index contributed by atoms with van der Waals surface area (Å²) in [5, 5.41) is 3.09. The van der Waals surface area contributed by atoms with Crippen LogP contribution < -0.4 is 10.2 Å². The first kappa shape index (κ1) is 21.0. The molecule has 3 rings (SSSR count). The van der Waals surface area contributed by atoms with Crippen LogP contribution in [0.4, 0.5) is 17.1 Å². The van der Waals surface area contributed by atoms with Crippen LogP contribution in [0.25, 0.3) is 0 Å². The first-order valence-corrected chi connectivity index (χ1v) is 10.8. The molecule has 0 aromatic heterocycles. The Kier molecular flexibility index (Phi) is 8.20. The SMILES string of the molecule is O=C(NCCCCCCS)c1ccccc1N(c1ccccc1)c1ccccc1. The number of benzene rings is 3. The summed E-state index contributed by atoms with van der Waals surface area (Å²) in [6, 6.07) is 28.1. The van der Waals surface area contributed by atoms with E-state index < -0.39 is 0 Å². The molecule has 0 heterocycles. The van der Waals surface area contributed by atoms with Crippen LogP contribution in [0.15, 0.2) is 84.9 Å². The minimum atomic E-state index is -0.0355. The normalized spacial score (nSPS) is 10.5. The second kappa shape index (κ2) is 11.3. The van der Waals surface area contributed by atoms with Crippen LogP contribution in [-0.4, -0.2) is 18.2 Å². The molecule has 0 radical (unpaired) electrons. The summed E-state index contributed by atoms with van der Waals surface area (Å²) in [6.07, 6.45) is 4.39. The first-order valence-electron chi connectivity index (χ1n) is 10.2. The largest absolute Gasteiger partial charge is 0.352 e. The van der Waals surface area contributed by atoms with E-state index in [1.807, 2.05) is 60.7 Å². The highest BCUT2D eigenvalue weighted by Gasteiger charge is 2.18. The lowest BCUT2D eigenvalue weighted by Crippen LogP contribution is -2.26. The van der Waals surface area contributed by atoms with Crippen LogP contribution in [0.1, 0.15) is 36.0 Å². The lowest BCUT2D eigenvalue weighted by Gasteiger charge is -2.27. The lowest BCUT2D eigenvalue weighted by molar-refractivity contribution is 0.0953. The molecule has 0 aliphatic rings. The maximum absolute atomic E-state index is 13.0. The standard InChI is InChI=1S/C25H28N2OS/c28-25(26-19-11-1-2-12-20-29)23-17-9-10-18-24(23)27(21-13-5-3-6-14-21)22-15-7-4-8-16-22/h3-10,13-18,29H,1-2,11-12,19-20H2,(H,26,28). The van der Waals surface area contributed by atoms with Gasteiger partial charge in [0.25, 0.3) is 5.91 Å². The van der Waals surface area contributed by atoms with Gasteiger partial charge in [-0.15, -0.1) is 0 Å². The number of anilines is 3. The van der Waals surface area contributed by atoms with Gasteiger partial charge in [0.2, 0.25) is 0 Å². The molecule has 0 fully saturated rings. The summed E-state index contributed by atoms with van der Waals surface area (Å²) < 4.78 is 0. The molecule has 3 nitrogen and oxygen atoms in total. The average molecular weight is 405 g/mol. The summed E-state index contributed by atoms with van der Waals surface area (Å²) in [5.41, 5.74) is 3.59. The van der Waals surface area contributed by atoms with E-state index in [-0.39, 0.29) is 5.91 Å². The third-order valence-corrected chi connectivity index (χ3v) is 5.11. The summed E-state index contributed by atoms with van der Waals surface area (Å²) in [5.74, 6) is 0.890. The van der Waals surface area contributed by atoms with Gasteiger partial charge in [0.15, 0.2) is 0 Å². The van der Waals surface area contributed by atoms with Crippen molar-refractivity contribution in [3.63, 3.8) is 0 Å². The van der Waals surface area contributed by atoms with Crippen molar-refractivity contribution in [3.05, 3.63) is 90.5 Å². The van der Waals surface area contributed by atoms with Crippen LogP contribution in [0, 0.1) is 0 Å². The summed E-state index contributed by atoms with van der Waals surface area (Å²) in [7, 11) is 0. The second-order valence-electron chi connectivity index (χ2n) is 6.92. The van der Waals surface area contributed by atoms with Crippen LogP contribution in [0.5, 0.6) is 0 Å². The molecule has 0 aliphatic carbocycles. The van der Waals surface area contributed by atoms with Gasteiger partial charge in [-0.05, 0) is 55.0 Å². The maximum Gasteiger partial charge on any atom is 0.253 e. The number of nitrogens with zero attached hydrogens (tertiary/aromatic N) is 1.